The molecule has 0 unspecified atom stereocenters. The standard InChI is InChI=1S/C13H14BrN3O2/c14-9-3-8(5-15-6-9)13(19)16-10-4-12(18)17(7-10)11-1-2-11/h3,5-6,10-11H,1-2,4,7H2,(H,16,19)/t10-/m0/s1. The Hall–Kier alpha value is -1.43. The fourth-order valence-corrected chi connectivity index (χ4v) is 2.74. The van der Waals surface area contributed by atoms with Crippen LogP contribution in [0.1, 0.15) is 29.6 Å². The molecule has 0 bridgehead atoms. The maximum atomic E-state index is 12.0. The van der Waals surface area contributed by atoms with Crippen molar-refractivity contribution in [2.24, 2.45) is 0 Å². The number of rotatable bonds is 3. The van der Waals surface area contributed by atoms with E-state index in [1.165, 1.54) is 6.20 Å². The fourth-order valence-electron chi connectivity index (χ4n) is 2.37. The molecule has 1 aliphatic heterocycles. The summed E-state index contributed by atoms with van der Waals surface area (Å²) in [6, 6.07) is 2.05. The summed E-state index contributed by atoms with van der Waals surface area (Å²) in [5.41, 5.74) is 0.506. The lowest BCUT2D eigenvalue weighted by Gasteiger charge is -2.16. The van der Waals surface area contributed by atoms with Gasteiger partial charge in [0.2, 0.25) is 5.91 Å². The summed E-state index contributed by atoms with van der Waals surface area (Å²) in [5, 5.41) is 2.90. The van der Waals surface area contributed by atoms with Gasteiger partial charge >= 0.3 is 0 Å². The number of hydrogen-bond acceptors (Lipinski definition) is 3. The molecule has 2 aliphatic rings. The summed E-state index contributed by atoms with van der Waals surface area (Å²) in [6.45, 7) is 0.636. The highest BCUT2D eigenvalue weighted by Crippen LogP contribution is 2.30. The summed E-state index contributed by atoms with van der Waals surface area (Å²) in [6.07, 6.45) is 5.76. The Labute approximate surface area is 119 Å². The van der Waals surface area contributed by atoms with Crippen molar-refractivity contribution < 1.29 is 9.59 Å². The highest BCUT2D eigenvalue weighted by molar-refractivity contribution is 9.10. The molecule has 2 fully saturated rings. The van der Waals surface area contributed by atoms with Gasteiger partial charge in [-0.25, -0.2) is 0 Å². The van der Waals surface area contributed by atoms with Gasteiger partial charge in [-0.1, -0.05) is 0 Å². The average molecular weight is 324 g/mol. The zero-order chi connectivity index (χ0) is 13.4. The lowest BCUT2D eigenvalue weighted by molar-refractivity contribution is -0.128. The van der Waals surface area contributed by atoms with Gasteiger partial charge in [-0.05, 0) is 34.8 Å². The number of likely N-dealkylation sites (tertiary alicyclic amines) is 1. The summed E-state index contributed by atoms with van der Waals surface area (Å²) >= 11 is 3.28. The number of nitrogens with one attached hydrogen (secondary N) is 1. The molecule has 1 N–H and O–H groups in total. The van der Waals surface area contributed by atoms with E-state index in [0.29, 0.717) is 24.6 Å². The number of amides is 2. The highest BCUT2D eigenvalue weighted by Gasteiger charge is 2.39. The van der Waals surface area contributed by atoms with Crippen molar-refractivity contribution in [3.8, 4) is 0 Å². The summed E-state index contributed by atoms with van der Waals surface area (Å²) in [4.78, 5) is 29.7. The normalized spacial score (nSPS) is 22.7. The second kappa shape index (κ2) is 4.92. The molecule has 100 valence electrons. The van der Waals surface area contributed by atoms with Gasteiger partial charge in [-0.2, -0.15) is 0 Å². The molecule has 19 heavy (non-hydrogen) atoms. The van der Waals surface area contributed by atoms with Gasteiger partial charge in [-0.15, -0.1) is 0 Å². The van der Waals surface area contributed by atoms with E-state index in [0.717, 1.165) is 17.3 Å². The zero-order valence-electron chi connectivity index (χ0n) is 10.3. The largest absolute Gasteiger partial charge is 0.347 e. The van der Waals surface area contributed by atoms with Crippen LogP contribution in [0.25, 0.3) is 0 Å². The first-order chi connectivity index (χ1) is 9.13. The maximum absolute atomic E-state index is 12.0. The summed E-state index contributed by atoms with van der Waals surface area (Å²) < 4.78 is 0.766. The van der Waals surface area contributed by atoms with Gasteiger partial charge in [0.15, 0.2) is 0 Å². The Balaban J connectivity index is 1.62. The first kappa shape index (κ1) is 12.6. The molecule has 1 saturated carbocycles. The molecule has 1 atom stereocenters. The Morgan fingerprint density at radius 3 is 2.89 bits per heavy atom. The van der Waals surface area contributed by atoms with Crippen LogP contribution in [0.5, 0.6) is 0 Å². The molecule has 0 radical (unpaired) electrons. The van der Waals surface area contributed by atoms with Crippen LogP contribution in [0.4, 0.5) is 0 Å². The van der Waals surface area contributed by atoms with Crippen LogP contribution in [-0.2, 0) is 4.79 Å². The smallest absolute Gasteiger partial charge is 0.253 e. The Kier molecular flexibility index (Phi) is 3.26. The van der Waals surface area contributed by atoms with Gasteiger partial charge in [0.1, 0.15) is 0 Å². The molecular weight excluding hydrogens is 310 g/mol. The number of carbonyl (C=O) groups is 2. The third-order valence-corrected chi connectivity index (χ3v) is 3.88. The number of hydrogen-bond donors (Lipinski definition) is 1. The van der Waals surface area contributed by atoms with Crippen molar-refractivity contribution in [1.82, 2.24) is 15.2 Å². The van der Waals surface area contributed by atoms with E-state index >= 15 is 0 Å². The Bertz CT molecular complexity index is 530. The van der Waals surface area contributed by atoms with Gasteiger partial charge < -0.3 is 10.2 Å². The van der Waals surface area contributed by atoms with Crippen LogP contribution in [0.2, 0.25) is 0 Å². The van der Waals surface area contributed by atoms with E-state index < -0.39 is 0 Å². The van der Waals surface area contributed by atoms with Crippen molar-refractivity contribution in [3.63, 3.8) is 0 Å². The molecule has 1 aromatic heterocycles. The van der Waals surface area contributed by atoms with Gasteiger partial charge in [-0.3, -0.25) is 14.6 Å². The van der Waals surface area contributed by atoms with Crippen LogP contribution >= 0.6 is 15.9 Å². The second-order valence-corrected chi connectivity index (χ2v) is 5.96. The summed E-state index contributed by atoms with van der Waals surface area (Å²) in [7, 11) is 0. The SMILES string of the molecule is O=C(N[C@H]1CC(=O)N(C2CC2)C1)c1cncc(Br)c1. The quantitative estimate of drug-likeness (QED) is 0.913. The Morgan fingerprint density at radius 2 is 2.21 bits per heavy atom. The molecule has 6 heteroatoms. The first-order valence-corrected chi connectivity index (χ1v) is 7.13. The van der Waals surface area contributed by atoms with Crippen LogP contribution in [0.15, 0.2) is 22.9 Å². The lowest BCUT2D eigenvalue weighted by atomic mass is 10.2. The molecule has 1 aliphatic carbocycles. The highest BCUT2D eigenvalue weighted by atomic mass is 79.9. The first-order valence-electron chi connectivity index (χ1n) is 6.34. The van der Waals surface area contributed by atoms with Crippen molar-refractivity contribution in [2.45, 2.75) is 31.3 Å². The third-order valence-electron chi connectivity index (χ3n) is 3.45. The molecule has 3 rings (SSSR count). The van der Waals surface area contributed by atoms with Gasteiger partial charge in [0.05, 0.1) is 11.6 Å². The van der Waals surface area contributed by atoms with E-state index in [4.69, 9.17) is 0 Å². The molecule has 1 saturated heterocycles. The molecule has 2 amide bonds. The molecule has 1 aromatic rings. The number of pyridine rings is 1. The van der Waals surface area contributed by atoms with E-state index in [1.807, 2.05) is 4.90 Å². The maximum Gasteiger partial charge on any atom is 0.253 e. The average Bonchev–Trinajstić information content (AvgIpc) is 3.14. The van der Waals surface area contributed by atoms with Crippen molar-refractivity contribution in [3.05, 3.63) is 28.5 Å². The van der Waals surface area contributed by atoms with Gasteiger partial charge in [0, 0.05) is 35.9 Å². The molecule has 5 nitrogen and oxygen atoms in total. The monoisotopic (exact) mass is 323 g/mol. The topological polar surface area (TPSA) is 62.3 Å². The third kappa shape index (κ3) is 2.78. The van der Waals surface area contributed by atoms with Crippen LogP contribution < -0.4 is 5.32 Å². The van der Waals surface area contributed by atoms with Crippen molar-refractivity contribution in [2.75, 3.05) is 6.54 Å². The minimum absolute atomic E-state index is 0.0837. The number of nitrogens with zero attached hydrogens (tertiary/aromatic N) is 2. The minimum atomic E-state index is -0.177. The molecule has 0 spiro atoms. The predicted molar refractivity (Wildman–Crippen MR) is 72.5 cm³/mol. The second-order valence-electron chi connectivity index (χ2n) is 5.04. The number of halogens is 1. The van der Waals surface area contributed by atoms with Crippen LogP contribution in [0, 0.1) is 0 Å². The van der Waals surface area contributed by atoms with E-state index in [1.54, 1.807) is 12.3 Å². The molecule has 2 heterocycles. The number of aromatic nitrogens is 1. The van der Waals surface area contributed by atoms with Crippen molar-refractivity contribution in [1.29, 1.82) is 0 Å². The zero-order valence-corrected chi connectivity index (χ0v) is 11.9. The van der Waals surface area contributed by atoms with E-state index in [2.05, 4.69) is 26.2 Å². The van der Waals surface area contributed by atoms with E-state index in [9.17, 15) is 9.59 Å². The Morgan fingerprint density at radius 1 is 1.42 bits per heavy atom. The van der Waals surface area contributed by atoms with Crippen molar-refractivity contribution >= 4 is 27.7 Å². The number of carbonyl (C=O) groups excluding carboxylic acids is 2. The summed E-state index contributed by atoms with van der Waals surface area (Å²) in [5.74, 6) is -0.0237. The van der Waals surface area contributed by atoms with Crippen LogP contribution in [0.3, 0.4) is 0 Å². The van der Waals surface area contributed by atoms with E-state index in [-0.39, 0.29) is 17.9 Å². The predicted octanol–water partition coefficient (Wildman–Crippen LogP) is 1.34. The molecule has 0 aromatic carbocycles. The van der Waals surface area contributed by atoms with Crippen LogP contribution in [-0.4, -0.2) is 40.3 Å². The fraction of sp³-hybridized carbons (Fsp3) is 0.462. The lowest BCUT2D eigenvalue weighted by Crippen LogP contribution is -2.37. The molecular formula is C13H14BrN3O2. The van der Waals surface area contributed by atoms with Gasteiger partial charge in [0.25, 0.3) is 5.91 Å². The minimum Gasteiger partial charge on any atom is -0.347 e.